The molecule has 0 saturated carbocycles. The Bertz CT molecular complexity index is 2140. The zero-order chi connectivity index (χ0) is 51.7. The second-order valence-corrected chi connectivity index (χ2v) is 19.8. The molecular formula is C53H73N4O13P. The Morgan fingerprint density at radius 1 is 0.845 bits per heavy atom. The number of unbranched alkanes of at least 4 members (excludes halogenated alkanes) is 1. The van der Waals surface area contributed by atoms with Crippen molar-refractivity contribution in [3.8, 4) is 17.6 Å². The number of hydrogen-bond donors (Lipinski definition) is 1. The van der Waals surface area contributed by atoms with Crippen LogP contribution in [0.25, 0.3) is 0 Å². The predicted octanol–water partition coefficient (Wildman–Crippen LogP) is 7.82. The fourth-order valence-electron chi connectivity index (χ4n) is 9.26. The van der Waals surface area contributed by atoms with Gasteiger partial charge < -0.3 is 52.4 Å². The van der Waals surface area contributed by atoms with E-state index in [0.29, 0.717) is 30.8 Å². The summed E-state index contributed by atoms with van der Waals surface area (Å²) in [4.78, 5) is 52.6. The molecule has 2 saturated heterocycles. The smallest absolute Gasteiger partial charge is 0.303 e. The van der Waals surface area contributed by atoms with E-state index in [0.717, 1.165) is 16.7 Å². The van der Waals surface area contributed by atoms with Gasteiger partial charge in [0.05, 0.1) is 58.1 Å². The molecule has 0 aromatic heterocycles. The lowest BCUT2D eigenvalue weighted by molar-refractivity contribution is -0.262. The number of likely N-dealkylation sites (tertiary alicyclic amines) is 1. The Hall–Kier alpha value is -5.18. The number of carbonyl (C=O) groups excluding carboxylic acids is 4. The van der Waals surface area contributed by atoms with E-state index >= 15 is 0 Å². The lowest BCUT2D eigenvalue weighted by Crippen LogP contribution is -2.62. The number of hydrogen-bond acceptors (Lipinski definition) is 15. The summed E-state index contributed by atoms with van der Waals surface area (Å²) in [6.07, 6.45) is -1.27. The van der Waals surface area contributed by atoms with E-state index in [1.807, 2.05) is 90.7 Å². The minimum absolute atomic E-state index is 0.0787. The van der Waals surface area contributed by atoms with Gasteiger partial charge in [-0.15, -0.1) is 0 Å². The van der Waals surface area contributed by atoms with Crippen LogP contribution in [0.2, 0.25) is 0 Å². The maximum atomic E-state index is 14.6. The molecule has 71 heavy (non-hydrogen) atoms. The molecule has 5 rings (SSSR count). The molecule has 0 radical (unpaired) electrons. The van der Waals surface area contributed by atoms with E-state index in [-0.39, 0.29) is 69.7 Å². The Morgan fingerprint density at radius 2 is 1.45 bits per heavy atom. The maximum Gasteiger partial charge on any atom is 0.303 e. The molecule has 3 aromatic rings. The predicted molar refractivity (Wildman–Crippen MR) is 266 cm³/mol. The highest BCUT2D eigenvalue weighted by Crippen LogP contribution is 2.49. The molecule has 0 bridgehead atoms. The number of methoxy groups -OCH3 is 2. The van der Waals surface area contributed by atoms with Crippen molar-refractivity contribution in [1.82, 2.24) is 14.9 Å². The standard InChI is InChI=1S/C53H73N4O13P/c1-35(2)57(36(3)4)71(67-30-16-28-54)70-47-31-44(33-66-53(41-17-12-11-13-18-41,42-20-24-45(62-9)25-21-42)43-22-26-46(63-10)27-23-43)56(32-47)49(61)19-14-15-29-64-52-50(55-38(6)58)37(5)51(68-40(8)60)48(69-52)34-65-39(7)59/h11-13,17-18,20-27,35-37,44,47-48,50-52H,14-16,19,29-34H2,1-10H3,(H,55,58)/t37-,44+,47-,48?,50?,51-,52-,71?/m1/s1. The summed E-state index contributed by atoms with van der Waals surface area (Å²) in [6, 6.07) is 26.8. The molecule has 2 amide bonds. The van der Waals surface area contributed by atoms with Gasteiger partial charge in [0.25, 0.3) is 8.53 Å². The van der Waals surface area contributed by atoms with Gasteiger partial charge in [-0.2, -0.15) is 5.26 Å². The minimum atomic E-state index is -1.61. The van der Waals surface area contributed by atoms with Gasteiger partial charge >= 0.3 is 11.9 Å². The number of rotatable bonds is 26. The Kier molecular flexibility index (Phi) is 22.0. The van der Waals surface area contributed by atoms with Crippen molar-refractivity contribution in [2.45, 2.75) is 142 Å². The molecule has 1 N–H and O–H groups in total. The van der Waals surface area contributed by atoms with Crippen molar-refractivity contribution in [2.24, 2.45) is 5.92 Å². The van der Waals surface area contributed by atoms with E-state index in [2.05, 4.69) is 43.8 Å². The Balaban J connectivity index is 1.41. The molecule has 2 aliphatic rings. The first-order chi connectivity index (χ1) is 34.0. The minimum Gasteiger partial charge on any atom is -0.497 e. The highest BCUT2D eigenvalue weighted by Gasteiger charge is 2.48. The molecule has 2 aliphatic heterocycles. The largest absolute Gasteiger partial charge is 0.497 e. The number of nitrogens with zero attached hydrogens (tertiary/aromatic N) is 3. The lowest BCUT2D eigenvalue weighted by Gasteiger charge is -2.44. The van der Waals surface area contributed by atoms with Crippen molar-refractivity contribution >= 4 is 32.3 Å². The first kappa shape index (κ1) is 56.7. The van der Waals surface area contributed by atoms with Crippen LogP contribution in [0.3, 0.4) is 0 Å². The molecule has 0 spiro atoms. The lowest BCUT2D eigenvalue weighted by atomic mass is 9.80. The molecule has 2 heterocycles. The number of amides is 2. The number of esters is 2. The van der Waals surface area contributed by atoms with Gasteiger partial charge in [0.1, 0.15) is 35.9 Å². The molecule has 17 nitrogen and oxygen atoms in total. The molecule has 18 heteroatoms. The topological polar surface area (TPSA) is 194 Å². The molecule has 388 valence electrons. The van der Waals surface area contributed by atoms with Gasteiger partial charge in [-0.1, -0.05) is 61.5 Å². The van der Waals surface area contributed by atoms with Crippen LogP contribution in [0, 0.1) is 17.2 Å². The summed E-state index contributed by atoms with van der Waals surface area (Å²) in [5.74, 6) is -0.566. The molecule has 2 fully saturated rings. The van der Waals surface area contributed by atoms with Gasteiger partial charge in [-0.05, 0) is 87.9 Å². The van der Waals surface area contributed by atoms with E-state index in [1.165, 1.54) is 20.8 Å². The van der Waals surface area contributed by atoms with E-state index in [4.69, 9.17) is 42.2 Å². The van der Waals surface area contributed by atoms with E-state index < -0.39 is 68.7 Å². The molecule has 3 unspecified atom stereocenters. The first-order valence-electron chi connectivity index (χ1n) is 24.4. The monoisotopic (exact) mass is 1000 g/mol. The third-order valence-electron chi connectivity index (χ3n) is 12.5. The third-order valence-corrected chi connectivity index (χ3v) is 14.7. The fourth-order valence-corrected chi connectivity index (χ4v) is 11.0. The molecule has 8 atom stereocenters. The van der Waals surface area contributed by atoms with E-state index in [1.54, 1.807) is 14.2 Å². The summed E-state index contributed by atoms with van der Waals surface area (Å²) in [5.41, 5.74) is 1.46. The third kappa shape index (κ3) is 15.4. The van der Waals surface area contributed by atoms with Gasteiger partial charge in [-0.25, -0.2) is 4.67 Å². The van der Waals surface area contributed by atoms with Crippen molar-refractivity contribution in [2.75, 3.05) is 47.2 Å². The average Bonchev–Trinajstić information content (AvgIpc) is 3.75. The first-order valence-corrected chi connectivity index (χ1v) is 25.5. The SMILES string of the molecule is COc1ccc(C(OC[C@@H]2C[C@@H](OP(OCCC#N)N(C(C)C)C(C)C)CN2C(=O)CCCCO[C@@H]2OC(COC(C)=O)[C@H](OC(C)=O)[C@H](C)C2NC(C)=O)(c2ccccc2)c2ccc(OC)cc2)cc1. The van der Waals surface area contributed by atoms with Crippen molar-refractivity contribution in [3.05, 3.63) is 95.6 Å². The van der Waals surface area contributed by atoms with Crippen molar-refractivity contribution in [1.29, 1.82) is 5.26 Å². The quantitative estimate of drug-likeness (QED) is 0.0354. The molecule has 3 aromatic carbocycles. The number of benzene rings is 3. The Morgan fingerprint density at radius 3 is 1.99 bits per heavy atom. The van der Waals surface area contributed by atoms with Gasteiger partial charge in [0.2, 0.25) is 11.8 Å². The maximum absolute atomic E-state index is 14.6. The van der Waals surface area contributed by atoms with Crippen molar-refractivity contribution in [3.63, 3.8) is 0 Å². The van der Waals surface area contributed by atoms with Crippen molar-refractivity contribution < 1.29 is 61.4 Å². The average molecular weight is 1010 g/mol. The van der Waals surface area contributed by atoms with Crippen LogP contribution in [0.4, 0.5) is 0 Å². The van der Waals surface area contributed by atoms with E-state index in [9.17, 15) is 24.4 Å². The van der Waals surface area contributed by atoms with Crippen LogP contribution in [-0.4, -0.2) is 129 Å². The van der Waals surface area contributed by atoms with Gasteiger partial charge in [0.15, 0.2) is 6.29 Å². The zero-order valence-corrected chi connectivity index (χ0v) is 43.8. The van der Waals surface area contributed by atoms with Gasteiger partial charge in [0, 0.05) is 58.3 Å². The highest BCUT2D eigenvalue weighted by molar-refractivity contribution is 7.44. The normalized spacial score (nSPS) is 21.7. The van der Waals surface area contributed by atoms with Crippen LogP contribution in [-0.2, 0) is 57.5 Å². The zero-order valence-electron chi connectivity index (χ0n) is 42.9. The van der Waals surface area contributed by atoms with Crippen LogP contribution in [0.15, 0.2) is 78.9 Å². The number of carbonyl (C=O) groups is 4. The molecular weight excluding hydrogens is 932 g/mol. The molecule has 0 aliphatic carbocycles. The summed E-state index contributed by atoms with van der Waals surface area (Å²) in [7, 11) is 1.64. The highest BCUT2D eigenvalue weighted by atomic mass is 31.2. The Labute approximate surface area is 420 Å². The second-order valence-electron chi connectivity index (χ2n) is 18.4. The summed E-state index contributed by atoms with van der Waals surface area (Å²) < 4.78 is 57.1. The van der Waals surface area contributed by atoms with Gasteiger partial charge in [-0.3, -0.25) is 19.2 Å². The number of nitrogens with one attached hydrogen (secondary N) is 1. The summed E-state index contributed by atoms with van der Waals surface area (Å²) in [5, 5.41) is 12.3. The second kappa shape index (κ2) is 27.6. The van der Waals surface area contributed by atoms with Crippen LogP contribution < -0.4 is 14.8 Å². The van der Waals surface area contributed by atoms with Crippen LogP contribution >= 0.6 is 8.53 Å². The fraction of sp³-hybridized carbons (Fsp3) is 0.566. The summed E-state index contributed by atoms with van der Waals surface area (Å²) in [6.45, 7) is 14.7. The number of nitriles is 1. The summed E-state index contributed by atoms with van der Waals surface area (Å²) >= 11 is 0. The van der Waals surface area contributed by atoms with Crippen LogP contribution in [0.1, 0.15) is 104 Å². The number of ether oxygens (including phenoxy) is 7. The van der Waals surface area contributed by atoms with Crippen LogP contribution in [0.5, 0.6) is 11.5 Å².